The Labute approximate surface area is 124 Å². The first-order chi connectivity index (χ1) is 8.97. The Balaban J connectivity index is 4.67. The van der Waals surface area contributed by atoms with E-state index in [1.807, 2.05) is 33.3 Å². The molecule has 4 nitrogen and oxygen atoms in total. The first kappa shape index (κ1) is 18.4. The Bertz CT molecular complexity index is 336. The largest absolute Gasteiger partial charge is 0.338 e. The minimum atomic E-state index is -0.418. The third-order valence-corrected chi connectivity index (χ3v) is 4.64. The van der Waals surface area contributed by atoms with Gasteiger partial charge in [0.25, 0.3) is 5.91 Å². The van der Waals surface area contributed by atoms with Crippen molar-refractivity contribution in [3.8, 4) is 0 Å². The number of thioether (sulfide) groups is 2. The normalized spacial score (nSPS) is 10.2. The number of nitrogens with one attached hydrogen (secondary N) is 2. The van der Waals surface area contributed by atoms with Gasteiger partial charge >= 0.3 is 6.03 Å². The predicted molar refractivity (Wildman–Crippen MR) is 85.3 cm³/mol. The molecule has 0 atom stereocenters. The lowest BCUT2D eigenvalue weighted by Crippen LogP contribution is -2.41. The van der Waals surface area contributed by atoms with Crippen molar-refractivity contribution >= 4 is 35.5 Å². The quantitative estimate of drug-likeness (QED) is 0.560. The number of carbonyl (C=O) groups excluding carboxylic acids is 2. The maximum absolute atomic E-state index is 12.1. The summed E-state index contributed by atoms with van der Waals surface area (Å²) in [6, 6.07) is -0.418. The molecule has 0 aliphatic rings. The van der Waals surface area contributed by atoms with Gasteiger partial charge < -0.3 is 5.32 Å². The van der Waals surface area contributed by atoms with Crippen molar-refractivity contribution in [2.45, 2.75) is 33.6 Å². The molecule has 0 aromatic rings. The Hall–Kier alpha value is -0.620. The van der Waals surface area contributed by atoms with Gasteiger partial charge in [-0.05, 0) is 24.9 Å². The summed E-state index contributed by atoms with van der Waals surface area (Å²) in [6.07, 6.45) is 5.79. The van der Waals surface area contributed by atoms with Crippen LogP contribution in [-0.2, 0) is 4.79 Å². The van der Waals surface area contributed by atoms with Crippen LogP contribution in [0.15, 0.2) is 9.81 Å². The summed E-state index contributed by atoms with van der Waals surface area (Å²) in [6.45, 7) is 6.55. The van der Waals surface area contributed by atoms with Gasteiger partial charge in [-0.3, -0.25) is 10.1 Å². The van der Waals surface area contributed by atoms with Crippen molar-refractivity contribution < 1.29 is 9.59 Å². The molecule has 2 N–H and O–H groups in total. The highest BCUT2D eigenvalue weighted by Crippen LogP contribution is 2.31. The number of rotatable bonds is 7. The van der Waals surface area contributed by atoms with Gasteiger partial charge in [-0.1, -0.05) is 27.2 Å². The highest BCUT2D eigenvalue weighted by Gasteiger charge is 2.20. The van der Waals surface area contributed by atoms with Crippen molar-refractivity contribution in [3.63, 3.8) is 0 Å². The van der Waals surface area contributed by atoms with E-state index in [2.05, 4.69) is 10.6 Å². The van der Waals surface area contributed by atoms with Gasteiger partial charge in [0.15, 0.2) is 0 Å². The molecule has 0 aromatic heterocycles. The third-order valence-electron chi connectivity index (χ3n) is 2.46. The Morgan fingerprint density at radius 2 is 1.74 bits per heavy atom. The van der Waals surface area contributed by atoms with Crippen LogP contribution in [0.3, 0.4) is 0 Å². The fourth-order valence-electron chi connectivity index (χ4n) is 1.49. The van der Waals surface area contributed by atoms with E-state index < -0.39 is 6.03 Å². The fourth-order valence-corrected chi connectivity index (χ4v) is 3.25. The lowest BCUT2D eigenvalue weighted by molar-refractivity contribution is -0.116. The number of hydrogen-bond acceptors (Lipinski definition) is 4. The fraction of sp³-hybridized carbons (Fsp3) is 0.692. The van der Waals surface area contributed by atoms with E-state index in [0.29, 0.717) is 12.1 Å². The maximum Gasteiger partial charge on any atom is 0.321 e. The molecule has 19 heavy (non-hydrogen) atoms. The average molecular weight is 304 g/mol. The van der Waals surface area contributed by atoms with Crippen molar-refractivity contribution in [2.24, 2.45) is 5.92 Å². The van der Waals surface area contributed by atoms with E-state index in [0.717, 1.165) is 17.1 Å². The minimum absolute atomic E-state index is 0.0818. The van der Waals surface area contributed by atoms with E-state index in [4.69, 9.17) is 0 Å². The van der Waals surface area contributed by atoms with Gasteiger partial charge in [0.05, 0.1) is 0 Å². The molecule has 0 bridgehead atoms. The van der Waals surface area contributed by atoms with Gasteiger partial charge in [0.1, 0.15) is 0 Å². The van der Waals surface area contributed by atoms with Crippen molar-refractivity contribution in [1.82, 2.24) is 10.6 Å². The first-order valence-corrected chi connectivity index (χ1v) is 8.84. The Morgan fingerprint density at radius 1 is 1.16 bits per heavy atom. The summed E-state index contributed by atoms with van der Waals surface area (Å²) < 4.78 is 0.953. The van der Waals surface area contributed by atoms with Crippen LogP contribution in [0.4, 0.5) is 4.79 Å². The number of urea groups is 1. The molecule has 0 heterocycles. The van der Waals surface area contributed by atoms with E-state index in [9.17, 15) is 9.59 Å². The first-order valence-electron chi connectivity index (χ1n) is 6.39. The number of amides is 3. The smallest absolute Gasteiger partial charge is 0.321 e. The Morgan fingerprint density at radius 3 is 2.16 bits per heavy atom. The SMILES string of the molecule is CCCCNC(=O)NC(=O)C(=C(SC)SC)C(C)C. The average Bonchev–Trinajstić information content (AvgIpc) is 2.35. The zero-order valence-electron chi connectivity index (χ0n) is 12.3. The van der Waals surface area contributed by atoms with Gasteiger partial charge in [-0.15, -0.1) is 23.5 Å². The maximum atomic E-state index is 12.1. The zero-order chi connectivity index (χ0) is 14.8. The summed E-state index contributed by atoms with van der Waals surface area (Å²) in [5.74, 6) is -0.221. The van der Waals surface area contributed by atoms with Gasteiger partial charge in [-0.2, -0.15) is 0 Å². The van der Waals surface area contributed by atoms with E-state index in [1.54, 1.807) is 0 Å². The summed E-state index contributed by atoms with van der Waals surface area (Å²) in [4.78, 5) is 23.7. The summed E-state index contributed by atoms with van der Waals surface area (Å²) in [5, 5.41) is 5.07. The molecule has 0 aliphatic carbocycles. The molecule has 3 amide bonds. The van der Waals surface area contributed by atoms with Crippen LogP contribution in [0.25, 0.3) is 0 Å². The van der Waals surface area contributed by atoms with Crippen LogP contribution in [0.2, 0.25) is 0 Å². The van der Waals surface area contributed by atoms with Crippen molar-refractivity contribution in [1.29, 1.82) is 0 Å². The summed E-state index contributed by atoms with van der Waals surface area (Å²) >= 11 is 3.07. The molecule has 110 valence electrons. The van der Waals surface area contributed by atoms with Crippen LogP contribution in [-0.4, -0.2) is 31.0 Å². The molecule has 0 saturated carbocycles. The molecular weight excluding hydrogens is 280 g/mol. The molecule has 0 fully saturated rings. The minimum Gasteiger partial charge on any atom is -0.338 e. The van der Waals surface area contributed by atoms with E-state index in [1.165, 1.54) is 23.5 Å². The highest BCUT2D eigenvalue weighted by molar-refractivity contribution is 8.21. The molecular formula is C13H24N2O2S2. The lowest BCUT2D eigenvalue weighted by atomic mass is 10.0. The monoisotopic (exact) mass is 304 g/mol. The molecule has 0 rings (SSSR count). The number of imide groups is 1. The predicted octanol–water partition coefficient (Wildman–Crippen LogP) is 3.21. The summed E-state index contributed by atoms with van der Waals surface area (Å²) in [7, 11) is 0. The number of unbranched alkanes of at least 4 members (excludes halogenated alkanes) is 1. The summed E-state index contributed by atoms with van der Waals surface area (Å²) in [5.41, 5.74) is 0.672. The topological polar surface area (TPSA) is 58.2 Å². The molecule has 0 aliphatic heterocycles. The van der Waals surface area contributed by atoms with Crippen molar-refractivity contribution in [2.75, 3.05) is 19.1 Å². The second-order valence-corrected chi connectivity index (χ2v) is 6.22. The van der Waals surface area contributed by atoms with Crippen LogP contribution >= 0.6 is 23.5 Å². The zero-order valence-corrected chi connectivity index (χ0v) is 14.0. The van der Waals surface area contributed by atoms with Crippen molar-refractivity contribution in [3.05, 3.63) is 9.81 Å². The molecule has 0 aromatic carbocycles. The number of hydrogen-bond donors (Lipinski definition) is 2. The molecule has 0 radical (unpaired) electrons. The van der Waals surface area contributed by atoms with Crippen LogP contribution < -0.4 is 10.6 Å². The van der Waals surface area contributed by atoms with Gasteiger partial charge in [0, 0.05) is 16.4 Å². The van der Waals surface area contributed by atoms with Gasteiger partial charge in [0.2, 0.25) is 0 Å². The third kappa shape index (κ3) is 6.92. The Kier molecular flexibility index (Phi) is 9.87. The standard InChI is InChI=1S/C13H24N2O2S2/c1-6-7-8-14-13(17)15-11(16)10(9(2)3)12(18-4)19-5/h9H,6-8H2,1-5H3,(H2,14,15,16,17). The van der Waals surface area contributed by atoms with E-state index >= 15 is 0 Å². The molecule has 0 spiro atoms. The van der Waals surface area contributed by atoms with Gasteiger partial charge in [-0.25, -0.2) is 4.79 Å². The molecule has 0 unspecified atom stereocenters. The van der Waals surface area contributed by atoms with Crippen LogP contribution in [0, 0.1) is 5.92 Å². The second kappa shape index (κ2) is 10.2. The molecule has 6 heteroatoms. The number of carbonyl (C=O) groups is 2. The van der Waals surface area contributed by atoms with Crippen LogP contribution in [0.5, 0.6) is 0 Å². The second-order valence-electron chi connectivity index (χ2n) is 4.33. The lowest BCUT2D eigenvalue weighted by Gasteiger charge is -2.15. The van der Waals surface area contributed by atoms with E-state index in [-0.39, 0.29) is 11.8 Å². The van der Waals surface area contributed by atoms with Crippen LogP contribution in [0.1, 0.15) is 33.6 Å². The highest BCUT2D eigenvalue weighted by atomic mass is 32.2. The molecule has 0 saturated heterocycles.